The fraction of sp³-hybridized carbons (Fsp3) is 0.435. The molecule has 1 amide bonds. The van der Waals surface area contributed by atoms with Crippen molar-refractivity contribution in [3.8, 4) is 0 Å². The molecule has 0 saturated heterocycles. The average Bonchev–Trinajstić information content (AvgIpc) is 3.21. The van der Waals surface area contributed by atoms with Crippen molar-refractivity contribution in [1.29, 1.82) is 0 Å². The van der Waals surface area contributed by atoms with Gasteiger partial charge < -0.3 is 14.5 Å². The van der Waals surface area contributed by atoms with Gasteiger partial charge in [0.2, 0.25) is 0 Å². The number of anilines is 1. The number of hydrogen-bond donors (Lipinski definition) is 0. The van der Waals surface area contributed by atoms with E-state index in [1.165, 1.54) is 36.1 Å². The second kappa shape index (κ2) is 6.59. The molecule has 0 unspecified atom stereocenters. The van der Waals surface area contributed by atoms with E-state index in [2.05, 4.69) is 24.0 Å². The van der Waals surface area contributed by atoms with Crippen molar-refractivity contribution >= 4 is 11.8 Å². The van der Waals surface area contributed by atoms with E-state index in [0.717, 1.165) is 18.7 Å². The van der Waals surface area contributed by atoms with Gasteiger partial charge in [0.05, 0.1) is 6.54 Å². The SMILES string of the molecule is Cc1ccc2c3c1[C@H]1CCC[C@H]1N3CCN(C(=O)OCc1ccccc1)C2. The Morgan fingerprint density at radius 2 is 1.96 bits per heavy atom. The molecule has 1 aliphatic carbocycles. The fourth-order valence-corrected chi connectivity index (χ4v) is 5.26. The first kappa shape index (κ1) is 16.7. The number of hydrogen-bond acceptors (Lipinski definition) is 3. The second-order valence-electron chi connectivity index (χ2n) is 8.06. The molecule has 27 heavy (non-hydrogen) atoms. The zero-order valence-electron chi connectivity index (χ0n) is 15.9. The van der Waals surface area contributed by atoms with Gasteiger partial charge in [-0.1, -0.05) is 48.9 Å². The van der Waals surface area contributed by atoms with Gasteiger partial charge >= 0.3 is 6.09 Å². The maximum atomic E-state index is 12.7. The van der Waals surface area contributed by atoms with Gasteiger partial charge in [0.15, 0.2) is 0 Å². The summed E-state index contributed by atoms with van der Waals surface area (Å²) in [6.45, 7) is 4.85. The van der Waals surface area contributed by atoms with Gasteiger partial charge in [-0.3, -0.25) is 0 Å². The van der Waals surface area contributed by atoms with Gasteiger partial charge in [-0.15, -0.1) is 0 Å². The van der Waals surface area contributed by atoms with Crippen LogP contribution in [0.15, 0.2) is 42.5 Å². The Labute approximate surface area is 160 Å². The first-order valence-electron chi connectivity index (χ1n) is 10.1. The summed E-state index contributed by atoms with van der Waals surface area (Å²) < 4.78 is 5.60. The number of carbonyl (C=O) groups excluding carboxylic acids is 1. The highest BCUT2D eigenvalue weighted by molar-refractivity contribution is 5.73. The third-order valence-electron chi connectivity index (χ3n) is 6.49. The Kier molecular flexibility index (Phi) is 4.07. The monoisotopic (exact) mass is 362 g/mol. The maximum absolute atomic E-state index is 12.7. The molecule has 2 aromatic rings. The lowest BCUT2D eigenvalue weighted by Gasteiger charge is -2.27. The van der Waals surface area contributed by atoms with Crippen LogP contribution in [-0.4, -0.2) is 30.1 Å². The lowest BCUT2D eigenvalue weighted by molar-refractivity contribution is 0.0952. The third kappa shape index (κ3) is 2.78. The number of fused-ring (bicyclic) bond motifs is 3. The van der Waals surface area contributed by atoms with Crippen molar-refractivity contribution < 1.29 is 9.53 Å². The standard InChI is InChI=1S/C23H26N2O2/c1-16-10-11-18-14-24(23(26)27-15-17-6-3-2-4-7-17)12-13-25-20-9-5-8-19(20)21(16)22(18)25/h2-4,6-7,10-11,19-20H,5,8-9,12-15H2,1H3/t19-,20+/m0/s1. The Bertz CT molecular complexity index is 864. The average molecular weight is 362 g/mol. The molecule has 1 fully saturated rings. The lowest BCUT2D eigenvalue weighted by Crippen LogP contribution is -2.38. The van der Waals surface area contributed by atoms with Gasteiger partial charge in [0.25, 0.3) is 0 Å². The summed E-state index contributed by atoms with van der Waals surface area (Å²) in [6.07, 6.45) is 3.69. The van der Waals surface area contributed by atoms with Crippen molar-refractivity contribution in [2.45, 2.75) is 51.3 Å². The Morgan fingerprint density at radius 1 is 1.11 bits per heavy atom. The van der Waals surface area contributed by atoms with Crippen LogP contribution in [0.1, 0.15) is 47.4 Å². The second-order valence-corrected chi connectivity index (χ2v) is 8.06. The van der Waals surface area contributed by atoms with E-state index >= 15 is 0 Å². The van der Waals surface area contributed by atoms with Gasteiger partial charge in [-0.2, -0.15) is 0 Å². The maximum Gasteiger partial charge on any atom is 0.410 e. The number of aryl methyl sites for hydroxylation is 1. The summed E-state index contributed by atoms with van der Waals surface area (Å²) in [5.41, 5.74) is 6.68. The van der Waals surface area contributed by atoms with E-state index < -0.39 is 0 Å². The minimum absolute atomic E-state index is 0.211. The van der Waals surface area contributed by atoms with E-state index in [9.17, 15) is 4.79 Å². The summed E-state index contributed by atoms with van der Waals surface area (Å²) in [6, 6.07) is 15.0. The molecule has 1 saturated carbocycles. The topological polar surface area (TPSA) is 32.8 Å². The highest BCUT2D eigenvalue weighted by Gasteiger charge is 2.44. The molecular formula is C23H26N2O2. The van der Waals surface area contributed by atoms with Gasteiger partial charge in [-0.25, -0.2) is 4.79 Å². The number of carbonyl (C=O) groups is 1. The summed E-state index contributed by atoms with van der Waals surface area (Å²) >= 11 is 0. The van der Waals surface area contributed by atoms with Crippen LogP contribution in [0.25, 0.3) is 0 Å². The molecule has 4 heteroatoms. The van der Waals surface area contributed by atoms with Gasteiger partial charge in [-0.05, 0) is 42.0 Å². The van der Waals surface area contributed by atoms with Crippen molar-refractivity contribution in [2.24, 2.45) is 0 Å². The number of ether oxygens (including phenoxy) is 1. The molecule has 0 aromatic heterocycles. The van der Waals surface area contributed by atoms with E-state index in [1.807, 2.05) is 35.2 Å². The van der Waals surface area contributed by atoms with Gasteiger partial charge in [0, 0.05) is 30.7 Å². The van der Waals surface area contributed by atoms with E-state index in [-0.39, 0.29) is 6.09 Å². The van der Waals surface area contributed by atoms with Crippen LogP contribution in [0, 0.1) is 6.92 Å². The molecule has 0 bridgehead atoms. The molecule has 2 aliphatic heterocycles. The van der Waals surface area contributed by atoms with Gasteiger partial charge in [0.1, 0.15) is 6.61 Å². The number of benzene rings is 2. The predicted molar refractivity (Wildman–Crippen MR) is 106 cm³/mol. The zero-order chi connectivity index (χ0) is 18.4. The van der Waals surface area contributed by atoms with Crippen LogP contribution in [0.3, 0.4) is 0 Å². The number of amides is 1. The largest absolute Gasteiger partial charge is 0.445 e. The van der Waals surface area contributed by atoms with E-state index in [4.69, 9.17) is 4.74 Å². The first-order chi connectivity index (χ1) is 13.2. The molecule has 140 valence electrons. The minimum atomic E-state index is -0.211. The first-order valence-corrected chi connectivity index (χ1v) is 10.1. The van der Waals surface area contributed by atoms with E-state index in [0.29, 0.717) is 25.1 Å². The molecule has 2 atom stereocenters. The van der Waals surface area contributed by atoms with Crippen molar-refractivity contribution in [1.82, 2.24) is 4.90 Å². The van der Waals surface area contributed by atoms with Crippen LogP contribution >= 0.6 is 0 Å². The summed E-state index contributed by atoms with van der Waals surface area (Å²) in [5, 5.41) is 0. The molecule has 0 spiro atoms. The molecule has 2 aromatic carbocycles. The van der Waals surface area contributed by atoms with E-state index in [1.54, 1.807) is 5.56 Å². The highest BCUT2D eigenvalue weighted by atomic mass is 16.6. The lowest BCUT2D eigenvalue weighted by atomic mass is 9.92. The van der Waals surface area contributed by atoms with Crippen LogP contribution in [0.4, 0.5) is 10.5 Å². The highest BCUT2D eigenvalue weighted by Crippen LogP contribution is 2.52. The molecule has 0 radical (unpaired) electrons. The summed E-state index contributed by atoms with van der Waals surface area (Å²) in [4.78, 5) is 17.2. The predicted octanol–water partition coefficient (Wildman–Crippen LogP) is 4.60. The molecule has 0 N–H and O–H groups in total. The van der Waals surface area contributed by atoms with Crippen LogP contribution in [-0.2, 0) is 17.9 Å². The van der Waals surface area contributed by atoms with Crippen LogP contribution < -0.4 is 4.90 Å². The molecular weight excluding hydrogens is 336 g/mol. The third-order valence-corrected chi connectivity index (χ3v) is 6.49. The molecule has 5 rings (SSSR count). The van der Waals surface area contributed by atoms with Crippen molar-refractivity contribution in [3.05, 3.63) is 64.7 Å². The zero-order valence-corrected chi connectivity index (χ0v) is 15.9. The van der Waals surface area contributed by atoms with Crippen molar-refractivity contribution in [2.75, 3.05) is 18.0 Å². The van der Waals surface area contributed by atoms with Crippen molar-refractivity contribution in [3.63, 3.8) is 0 Å². The minimum Gasteiger partial charge on any atom is -0.445 e. The van der Waals surface area contributed by atoms with Crippen LogP contribution in [0.5, 0.6) is 0 Å². The Balaban J connectivity index is 1.38. The summed E-state index contributed by atoms with van der Waals surface area (Å²) in [7, 11) is 0. The quantitative estimate of drug-likeness (QED) is 0.782. The smallest absolute Gasteiger partial charge is 0.410 e. The fourth-order valence-electron chi connectivity index (χ4n) is 5.26. The summed E-state index contributed by atoms with van der Waals surface area (Å²) in [5.74, 6) is 0.691. The Hall–Kier alpha value is -2.49. The Morgan fingerprint density at radius 3 is 2.81 bits per heavy atom. The van der Waals surface area contributed by atoms with Crippen LogP contribution in [0.2, 0.25) is 0 Å². The molecule has 2 heterocycles. The number of nitrogens with zero attached hydrogens (tertiary/aromatic N) is 2. The molecule has 4 nitrogen and oxygen atoms in total. The molecule has 3 aliphatic rings. The number of rotatable bonds is 2. The normalized spacial score (nSPS) is 23.0.